The molecule has 5 rings (SSSR count). The van der Waals surface area contributed by atoms with Crippen LogP contribution in [0.3, 0.4) is 0 Å². The lowest BCUT2D eigenvalue weighted by Crippen LogP contribution is -2.36. The summed E-state index contributed by atoms with van der Waals surface area (Å²) in [5.41, 5.74) is 4.26. The van der Waals surface area contributed by atoms with E-state index in [0.29, 0.717) is 43.1 Å². The third-order valence-corrected chi connectivity index (χ3v) is 6.70. The van der Waals surface area contributed by atoms with E-state index in [1.54, 1.807) is 23.2 Å². The van der Waals surface area contributed by atoms with Gasteiger partial charge in [-0.2, -0.15) is 5.26 Å². The zero-order chi connectivity index (χ0) is 25.6. The molecular formula is C28H29N5O4. The number of hydrogen-bond acceptors (Lipinski definition) is 8. The summed E-state index contributed by atoms with van der Waals surface area (Å²) in [7, 11) is 0. The Morgan fingerprint density at radius 3 is 2.70 bits per heavy atom. The number of aliphatic hydroxyl groups excluding tert-OH is 1. The zero-order valence-corrected chi connectivity index (χ0v) is 20.5. The Bertz CT molecular complexity index is 1280. The fourth-order valence-electron chi connectivity index (χ4n) is 4.68. The van der Waals surface area contributed by atoms with Crippen molar-refractivity contribution in [2.24, 2.45) is 0 Å². The van der Waals surface area contributed by atoms with Crippen LogP contribution >= 0.6 is 0 Å². The number of ether oxygens (including phenoxy) is 2. The van der Waals surface area contributed by atoms with E-state index in [9.17, 15) is 10.1 Å². The molecule has 9 nitrogen and oxygen atoms in total. The average molecular weight is 500 g/mol. The molecule has 0 saturated carbocycles. The van der Waals surface area contributed by atoms with E-state index in [1.807, 2.05) is 12.1 Å². The van der Waals surface area contributed by atoms with E-state index in [-0.39, 0.29) is 12.0 Å². The van der Waals surface area contributed by atoms with Crippen molar-refractivity contribution >= 4 is 11.6 Å². The maximum atomic E-state index is 11.7. The summed E-state index contributed by atoms with van der Waals surface area (Å²) in [5, 5.41) is 18.8. The van der Waals surface area contributed by atoms with Crippen molar-refractivity contribution in [1.82, 2.24) is 14.9 Å². The molecule has 2 aliphatic rings. The number of benzene rings is 2. The molecule has 2 aliphatic heterocycles. The van der Waals surface area contributed by atoms with E-state index in [4.69, 9.17) is 19.6 Å². The molecule has 3 aromatic rings. The van der Waals surface area contributed by atoms with Gasteiger partial charge in [-0.15, -0.1) is 0 Å². The van der Waals surface area contributed by atoms with Gasteiger partial charge in [0.15, 0.2) is 0 Å². The predicted molar refractivity (Wildman–Crippen MR) is 137 cm³/mol. The third-order valence-electron chi connectivity index (χ3n) is 6.70. The Morgan fingerprint density at radius 2 is 1.95 bits per heavy atom. The Kier molecular flexibility index (Phi) is 7.59. The molecule has 0 aliphatic carbocycles. The Morgan fingerprint density at radius 1 is 1.14 bits per heavy atom. The quantitative estimate of drug-likeness (QED) is 0.528. The van der Waals surface area contributed by atoms with Crippen LogP contribution in [0.1, 0.15) is 23.4 Å². The number of amides is 1. The van der Waals surface area contributed by atoms with Crippen molar-refractivity contribution in [2.75, 3.05) is 50.9 Å². The molecular weight excluding hydrogens is 470 g/mol. The molecule has 1 atom stereocenters. The van der Waals surface area contributed by atoms with Gasteiger partial charge in [0.1, 0.15) is 30.4 Å². The lowest BCUT2D eigenvalue weighted by molar-refractivity contribution is -0.133. The summed E-state index contributed by atoms with van der Waals surface area (Å²) in [6.07, 6.45) is 2.78. The van der Waals surface area contributed by atoms with Gasteiger partial charge in [0, 0.05) is 49.9 Å². The molecule has 1 aromatic heterocycles. The first kappa shape index (κ1) is 24.7. The molecule has 1 N–H and O–H groups in total. The van der Waals surface area contributed by atoms with Gasteiger partial charge in [0.25, 0.3) is 0 Å². The summed E-state index contributed by atoms with van der Waals surface area (Å²) < 4.78 is 11.5. The van der Waals surface area contributed by atoms with Crippen LogP contribution in [0.2, 0.25) is 0 Å². The molecule has 190 valence electrons. The second-order valence-electron chi connectivity index (χ2n) is 9.15. The molecule has 1 amide bonds. The van der Waals surface area contributed by atoms with Crippen LogP contribution < -0.4 is 9.64 Å². The first-order valence-electron chi connectivity index (χ1n) is 12.5. The van der Waals surface area contributed by atoms with Gasteiger partial charge in [0.2, 0.25) is 5.91 Å². The van der Waals surface area contributed by atoms with Crippen LogP contribution in [-0.2, 0) is 16.0 Å². The summed E-state index contributed by atoms with van der Waals surface area (Å²) in [5.74, 6) is 0.869. The number of rotatable bonds is 7. The van der Waals surface area contributed by atoms with Crippen LogP contribution in [0, 0.1) is 11.3 Å². The zero-order valence-electron chi connectivity index (χ0n) is 20.5. The maximum Gasteiger partial charge on any atom is 0.248 e. The Labute approximate surface area is 215 Å². The second kappa shape index (κ2) is 11.4. The number of nitriles is 1. The highest BCUT2D eigenvalue weighted by Gasteiger charge is 2.27. The molecule has 37 heavy (non-hydrogen) atoms. The molecule has 0 radical (unpaired) electrons. The summed E-state index contributed by atoms with van der Waals surface area (Å²) in [6, 6.07) is 17.9. The van der Waals surface area contributed by atoms with Crippen molar-refractivity contribution in [2.45, 2.75) is 18.9 Å². The fraction of sp³-hybridized carbons (Fsp3) is 0.357. The van der Waals surface area contributed by atoms with Crippen molar-refractivity contribution in [3.63, 3.8) is 0 Å². The number of likely N-dealkylation sites (tertiary alicyclic amines) is 1. The van der Waals surface area contributed by atoms with E-state index >= 15 is 0 Å². The highest BCUT2D eigenvalue weighted by atomic mass is 16.5. The number of carbonyl (C=O) groups is 1. The molecule has 0 bridgehead atoms. The topological polar surface area (TPSA) is 112 Å². The molecule has 9 heteroatoms. The van der Waals surface area contributed by atoms with E-state index in [2.05, 4.69) is 40.2 Å². The van der Waals surface area contributed by atoms with E-state index < -0.39 is 6.61 Å². The third kappa shape index (κ3) is 5.88. The smallest absolute Gasteiger partial charge is 0.248 e. The van der Waals surface area contributed by atoms with Gasteiger partial charge in [-0.3, -0.25) is 4.79 Å². The maximum absolute atomic E-state index is 11.7. The first-order chi connectivity index (χ1) is 18.1. The first-order valence-corrected chi connectivity index (χ1v) is 12.5. The largest absolute Gasteiger partial charge is 0.487 e. The summed E-state index contributed by atoms with van der Waals surface area (Å²) in [6.45, 7) is 3.74. The van der Waals surface area contributed by atoms with Crippen molar-refractivity contribution in [1.29, 1.82) is 5.26 Å². The average Bonchev–Trinajstić information content (AvgIpc) is 3.42. The van der Waals surface area contributed by atoms with Crippen LogP contribution in [0.15, 0.2) is 54.7 Å². The number of aromatic nitrogens is 2. The van der Waals surface area contributed by atoms with Crippen LogP contribution in [-0.4, -0.2) is 78.0 Å². The summed E-state index contributed by atoms with van der Waals surface area (Å²) in [4.78, 5) is 24.8. The number of hydrogen-bond donors (Lipinski definition) is 1. The number of morpholine rings is 1. The standard InChI is InChI=1S/C28H29N5O4/c29-17-22-16-21(3-6-26(22)37-24-8-10-33(18-24)28(35)19-34)25-7-9-30-27(31-25)15-20-1-4-23(5-2-20)32-11-13-36-14-12-32/h1-7,9,16,24,34H,8,10-15,18-19H2. The molecule has 3 heterocycles. The van der Waals surface area contributed by atoms with Gasteiger partial charge < -0.3 is 24.4 Å². The van der Waals surface area contributed by atoms with Crippen LogP contribution in [0.25, 0.3) is 11.3 Å². The van der Waals surface area contributed by atoms with Gasteiger partial charge in [0.05, 0.1) is 31.0 Å². The minimum atomic E-state index is -0.508. The van der Waals surface area contributed by atoms with Gasteiger partial charge in [-0.1, -0.05) is 12.1 Å². The van der Waals surface area contributed by atoms with E-state index in [1.165, 1.54) is 5.69 Å². The predicted octanol–water partition coefficient (Wildman–Crippen LogP) is 2.41. The van der Waals surface area contributed by atoms with Gasteiger partial charge >= 0.3 is 0 Å². The highest BCUT2D eigenvalue weighted by Crippen LogP contribution is 2.28. The minimum Gasteiger partial charge on any atom is -0.487 e. The molecule has 0 spiro atoms. The number of aliphatic hydroxyl groups is 1. The lowest BCUT2D eigenvalue weighted by atomic mass is 10.1. The molecule has 1 unspecified atom stereocenters. The molecule has 2 fully saturated rings. The minimum absolute atomic E-state index is 0.214. The highest BCUT2D eigenvalue weighted by molar-refractivity contribution is 5.77. The summed E-state index contributed by atoms with van der Waals surface area (Å²) >= 11 is 0. The van der Waals surface area contributed by atoms with Crippen molar-refractivity contribution < 1.29 is 19.4 Å². The van der Waals surface area contributed by atoms with Crippen molar-refractivity contribution in [3.05, 3.63) is 71.7 Å². The Balaban J connectivity index is 1.26. The number of carbonyl (C=O) groups excluding carboxylic acids is 1. The number of anilines is 1. The van der Waals surface area contributed by atoms with E-state index in [0.717, 1.165) is 43.1 Å². The van der Waals surface area contributed by atoms with Gasteiger partial charge in [-0.25, -0.2) is 9.97 Å². The van der Waals surface area contributed by atoms with Crippen LogP contribution in [0.5, 0.6) is 5.75 Å². The van der Waals surface area contributed by atoms with Crippen molar-refractivity contribution in [3.8, 4) is 23.1 Å². The lowest BCUT2D eigenvalue weighted by Gasteiger charge is -2.28. The number of nitrogens with zero attached hydrogens (tertiary/aromatic N) is 5. The SMILES string of the molecule is N#Cc1cc(-c2ccnc(Cc3ccc(N4CCOCC4)cc3)n2)ccc1OC1CCN(C(=O)CO)C1. The van der Waals surface area contributed by atoms with Gasteiger partial charge in [-0.05, 0) is 42.0 Å². The molecule has 2 saturated heterocycles. The normalized spacial score (nSPS) is 17.5. The fourth-order valence-corrected chi connectivity index (χ4v) is 4.68. The molecule has 2 aromatic carbocycles. The van der Waals surface area contributed by atoms with Crippen LogP contribution in [0.4, 0.5) is 5.69 Å². The second-order valence-corrected chi connectivity index (χ2v) is 9.15. The Hall–Kier alpha value is -4.00. The monoisotopic (exact) mass is 499 g/mol.